The monoisotopic (exact) mass is 248 g/mol. The highest BCUT2D eigenvalue weighted by Crippen LogP contribution is 2.25. The third kappa shape index (κ3) is 2.46. The van der Waals surface area contributed by atoms with E-state index in [1.165, 1.54) is 0 Å². The van der Waals surface area contributed by atoms with Gasteiger partial charge in [-0.1, -0.05) is 5.11 Å². The molecule has 0 aromatic carbocycles. The highest BCUT2D eigenvalue weighted by Gasteiger charge is 2.30. The van der Waals surface area contributed by atoms with Crippen LogP contribution < -0.4 is 4.90 Å². The van der Waals surface area contributed by atoms with Crippen LogP contribution in [-0.2, 0) is 4.79 Å². The van der Waals surface area contributed by atoms with Gasteiger partial charge in [-0.3, -0.25) is 9.48 Å². The molecule has 0 bridgehead atoms. The lowest BCUT2D eigenvalue weighted by Gasteiger charge is -2.13. The van der Waals surface area contributed by atoms with Gasteiger partial charge in [-0.25, -0.2) is 0 Å². The summed E-state index contributed by atoms with van der Waals surface area (Å²) < 4.78 is 1.82. The largest absolute Gasteiger partial charge is 0.309 e. The molecule has 1 amide bonds. The number of rotatable bonds is 4. The molecule has 1 unspecified atom stereocenters. The number of carbonyl (C=O) groups is 1. The highest BCUT2D eigenvalue weighted by molar-refractivity contribution is 5.95. The molecule has 0 N–H and O–H groups in total. The first-order chi connectivity index (χ1) is 8.61. The highest BCUT2D eigenvalue weighted by atomic mass is 16.2. The van der Waals surface area contributed by atoms with Crippen molar-refractivity contribution in [3.63, 3.8) is 0 Å². The summed E-state index contributed by atoms with van der Waals surface area (Å²) in [6.07, 6.45) is 4.01. The normalized spacial score (nSPS) is 19.4. The van der Waals surface area contributed by atoms with Gasteiger partial charge in [-0.05, 0) is 25.3 Å². The topological polar surface area (TPSA) is 86.9 Å². The van der Waals surface area contributed by atoms with E-state index in [1.807, 2.05) is 24.7 Å². The van der Waals surface area contributed by atoms with E-state index in [2.05, 4.69) is 15.1 Å². The van der Waals surface area contributed by atoms with Gasteiger partial charge in [-0.15, -0.1) is 0 Å². The van der Waals surface area contributed by atoms with E-state index in [9.17, 15) is 4.79 Å². The van der Waals surface area contributed by atoms with Crippen molar-refractivity contribution in [3.05, 3.63) is 22.8 Å². The number of carbonyl (C=O) groups excluding carboxylic acids is 1. The van der Waals surface area contributed by atoms with E-state index in [1.54, 1.807) is 11.1 Å². The van der Waals surface area contributed by atoms with Crippen molar-refractivity contribution in [2.75, 3.05) is 18.0 Å². The van der Waals surface area contributed by atoms with Crippen molar-refractivity contribution in [2.24, 2.45) is 11.0 Å². The molecule has 1 aromatic heterocycles. The first kappa shape index (κ1) is 12.4. The Morgan fingerprint density at radius 2 is 2.44 bits per heavy atom. The van der Waals surface area contributed by atoms with Gasteiger partial charge in [0.25, 0.3) is 0 Å². The lowest BCUT2D eigenvalue weighted by molar-refractivity contribution is -0.117. The second-order valence-corrected chi connectivity index (χ2v) is 4.76. The minimum absolute atomic E-state index is 0.0662. The van der Waals surface area contributed by atoms with Gasteiger partial charge in [0.1, 0.15) is 0 Å². The Labute approximate surface area is 105 Å². The summed E-state index contributed by atoms with van der Waals surface area (Å²) in [4.78, 5) is 16.3. The summed E-state index contributed by atoms with van der Waals surface area (Å²) in [5.74, 6) is 0.173. The fraction of sp³-hybridized carbons (Fsp3) is 0.636. The average molecular weight is 248 g/mol. The van der Waals surface area contributed by atoms with Crippen LogP contribution in [0.1, 0.15) is 26.3 Å². The summed E-state index contributed by atoms with van der Waals surface area (Å²) in [6, 6.07) is 0.274. The predicted octanol–water partition coefficient (Wildman–Crippen LogP) is 2.13. The van der Waals surface area contributed by atoms with Gasteiger partial charge in [0, 0.05) is 36.7 Å². The van der Waals surface area contributed by atoms with Crippen molar-refractivity contribution in [3.8, 4) is 0 Å². The third-order valence-corrected chi connectivity index (χ3v) is 3.04. The number of nitrogens with zero attached hydrogens (tertiary/aromatic N) is 6. The Morgan fingerprint density at radius 1 is 1.67 bits per heavy atom. The molecule has 1 aromatic rings. The second-order valence-electron chi connectivity index (χ2n) is 4.76. The van der Waals surface area contributed by atoms with Crippen LogP contribution in [0.2, 0.25) is 0 Å². The Bertz CT molecular complexity index is 487. The zero-order valence-corrected chi connectivity index (χ0v) is 10.5. The summed E-state index contributed by atoms with van der Waals surface area (Å²) in [7, 11) is 0. The van der Waals surface area contributed by atoms with Gasteiger partial charge < -0.3 is 4.90 Å². The van der Waals surface area contributed by atoms with E-state index >= 15 is 0 Å². The van der Waals surface area contributed by atoms with Crippen LogP contribution in [0, 0.1) is 5.92 Å². The molecule has 7 nitrogen and oxygen atoms in total. The van der Waals surface area contributed by atoms with E-state index in [0.717, 1.165) is 5.69 Å². The van der Waals surface area contributed by atoms with Gasteiger partial charge in [-0.2, -0.15) is 5.10 Å². The maximum atomic E-state index is 11.9. The Morgan fingerprint density at radius 3 is 3.06 bits per heavy atom. The quantitative estimate of drug-likeness (QED) is 0.464. The van der Waals surface area contributed by atoms with E-state index in [-0.39, 0.29) is 17.9 Å². The number of azide groups is 1. The molecule has 1 atom stereocenters. The molecule has 0 radical (unpaired) electrons. The van der Waals surface area contributed by atoms with Crippen LogP contribution in [0.15, 0.2) is 17.5 Å². The average Bonchev–Trinajstić information content (AvgIpc) is 2.92. The molecule has 2 rings (SSSR count). The SMILES string of the molecule is CC(C)n1cc(N2CC(CN=[N+]=[N-])CC2=O)cn1. The Balaban J connectivity index is 2.08. The molecule has 2 heterocycles. The van der Waals surface area contributed by atoms with Gasteiger partial charge in [0.2, 0.25) is 5.91 Å². The fourth-order valence-electron chi connectivity index (χ4n) is 2.06. The fourth-order valence-corrected chi connectivity index (χ4v) is 2.06. The number of hydrogen-bond acceptors (Lipinski definition) is 3. The molecule has 0 aliphatic carbocycles. The number of amides is 1. The van der Waals surface area contributed by atoms with Crippen LogP contribution in [0.5, 0.6) is 0 Å². The molecule has 96 valence electrons. The van der Waals surface area contributed by atoms with Crippen LogP contribution in [0.3, 0.4) is 0 Å². The maximum absolute atomic E-state index is 11.9. The summed E-state index contributed by atoms with van der Waals surface area (Å²) in [5, 5.41) is 7.75. The first-order valence-electron chi connectivity index (χ1n) is 5.97. The zero-order chi connectivity index (χ0) is 13.1. The third-order valence-electron chi connectivity index (χ3n) is 3.04. The molecule has 1 saturated heterocycles. The van der Waals surface area contributed by atoms with Crippen molar-refractivity contribution in [1.29, 1.82) is 0 Å². The molecule has 0 saturated carbocycles. The molecule has 1 aliphatic heterocycles. The number of hydrogen-bond donors (Lipinski definition) is 0. The van der Waals surface area contributed by atoms with E-state index < -0.39 is 0 Å². The standard InChI is InChI=1S/C11H16N6O/c1-8(2)17-7-10(5-14-17)16-6-9(3-11(16)18)4-13-15-12/h5,7-9H,3-4,6H2,1-2H3. The smallest absolute Gasteiger partial charge is 0.227 e. The Hall–Kier alpha value is -2.01. The first-order valence-corrected chi connectivity index (χ1v) is 5.97. The predicted molar refractivity (Wildman–Crippen MR) is 67.1 cm³/mol. The van der Waals surface area contributed by atoms with Crippen LogP contribution >= 0.6 is 0 Å². The van der Waals surface area contributed by atoms with E-state index in [4.69, 9.17) is 5.53 Å². The van der Waals surface area contributed by atoms with Crippen LogP contribution in [0.4, 0.5) is 5.69 Å². The lowest BCUT2D eigenvalue weighted by Crippen LogP contribution is -2.24. The zero-order valence-electron chi connectivity index (χ0n) is 10.5. The van der Waals surface area contributed by atoms with Gasteiger partial charge >= 0.3 is 0 Å². The van der Waals surface area contributed by atoms with Gasteiger partial charge in [0.05, 0.1) is 11.9 Å². The molecular formula is C11H16N6O. The maximum Gasteiger partial charge on any atom is 0.227 e. The van der Waals surface area contributed by atoms with Gasteiger partial charge in [0.15, 0.2) is 0 Å². The summed E-state index contributed by atoms with van der Waals surface area (Å²) >= 11 is 0. The molecule has 7 heteroatoms. The minimum Gasteiger partial charge on any atom is -0.309 e. The Kier molecular flexibility index (Phi) is 3.53. The van der Waals surface area contributed by atoms with Crippen molar-refractivity contribution >= 4 is 11.6 Å². The van der Waals surface area contributed by atoms with Crippen LogP contribution in [-0.4, -0.2) is 28.8 Å². The molecule has 18 heavy (non-hydrogen) atoms. The molecule has 1 aliphatic rings. The van der Waals surface area contributed by atoms with Crippen molar-refractivity contribution < 1.29 is 4.79 Å². The summed E-state index contributed by atoms with van der Waals surface area (Å²) in [5.41, 5.74) is 9.10. The second kappa shape index (κ2) is 5.10. The number of aromatic nitrogens is 2. The van der Waals surface area contributed by atoms with Crippen molar-refractivity contribution in [2.45, 2.75) is 26.3 Å². The van der Waals surface area contributed by atoms with E-state index in [0.29, 0.717) is 19.5 Å². The molecule has 1 fully saturated rings. The minimum atomic E-state index is 0.0662. The molecule has 0 spiro atoms. The molecular weight excluding hydrogens is 232 g/mol. The number of anilines is 1. The van der Waals surface area contributed by atoms with Crippen LogP contribution in [0.25, 0.3) is 10.4 Å². The lowest BCUT2D eigenvalue weighted by atomic mass is 10.1. The summed E-state index contributed by atoms with van der Waals surface area (Å²) in [6.45, 7) is 5.04. The van der Waals surface area contributed by atoms with Crippen molar-refractivity contribution in [1.82, 2.24) is 9.78 Å².